The summed E-state index contributed by atoms with van der Waals surface area (Å²) < 4.78 is 0. The van der Waals surface area contributed by atoms with Gasteiger partial charge in [0, 0.05) is 11.5 Å². The van der Waals surface area contributed by atoms with Gasteiger partial charge in [0.05, 0.1) is 0 Å². The fourth-order valence-electron chi connectivity index (χ4n) is 0. The molecule has 0 rings (SSSR count). The van der Waals surface area contributed by atoms with Crippen molar-refractivity contribution in [3.05, 3.63) is 0 Å². The lowest BCUT2D eigenvalue weighted by Gasteiger charge is -1.80. The summed E-state index contributed by atoms with van der Waals surface area (Å²) in [6.45, 7) is 3.44. The van der Waals surface area contributed by atoms with Crippen LogP contribution in [0.1, 0.15) is 13.8 Å². The largest absolute Gasteiger partial charge is 0.394 e. The van der Waals surface area contributed by atoms with Crippen LogP contribution in [0.3, 0.4) is 0 Å². The number of halogens is 1. The average Bonchev–Trinajstić information content (AvgIpc) is 1.33. The molecular weight excluding hydrogens is 112 g/mol. The Morgan fingerprint density at radius 1 is 1.71 bits per heavy atom. The zero-order valence-corrected chi connectivity index (χ0v) is 5.24. The quantitative estimate of drug-likeness (QED) is 0.477. The second kappa shape index (κ2) is 9.26. The maximum Gasteiger partial charge on any atom is 0.0483 e. The molecule has 0 aromatic heterocycles. The molecule has 0 spiro atoms. The molecule has 0 bridgehead atoms. The van der Waals surface area contributed by atoms with E-state index in [-0.39, 0.29) is 6.10 Å². The highest BCUT2D eigenvalue weighted by molar-refractivity contribution is 6.29. The topological polar surface area (TPSA) is 20.2 Å². The van der Waals surface area contributed by atoms with Gasteiger partial charge in [-0.3, -0.25) is 0 Å². The molecule has 0 saturated heterocycles. The highest BCUT2D eigenvalue weighted by atomic mass is 35.5. The summed E-state index contributed by atoms with van der Waals surface area (Å²) in [6, 6.07) is 0. The van der Waals surface area contributed by atoms with Crippen LogP contribution in [0, 0.1) is 11.8 Å². The first-order chi connectivity index (χ1) is 3.15. The average molecular weight is 121 g/mol. The lowest BCUT2D eigenvalue weighted by molar-refractivity contribution is 0.216. The Balaban J connectivity index is 0. The monoisotopic (exact) mass is 120 g/mol. The van der Waals surface area contributed by atoms with Crippen molar-refractivity contribution >= 4 is 11.6 Å². The highest BCUT2D eigenvalue weighted by Gasteiger charge is 1.69. The Hall–Kier alpha value is -0.190. The molecule has 0 atom stereocenters. The molecule has 42 valence electrons. The van der Waals surface area contributed by atoms with Crippen LogP contribution in [0.2, 0.25) is 0 Å². The van der Waals surface area contributed by atoms with Gasteiger partial charge in [0.2, 0.25) is 0 Å². The van der Waals surface area contributed by atoms with E-state index in [1.807, 2.05) is 0 Å². The van der Waals surface area contributed by atoms with Gasteiger partial charge >= 0.3 is 0 Å². The van der Waals surface area contributed by atoms with Crippen LogP contribution < -0.4 is 0 Å². The molecule has 0 aromatic rings. The first-order valence-corrected chi connectivity index (χ1v) is 2.27. The molecule has 0 fully saturated rings. The van der Waals surface area contributed by atoms with Crippen LogP contribution in [-0.2, 0) is 0 Å². The molecule has 0 radical (unpaired) electrons. The number of terminal acetylenes is 1. The van der Waals surface area contributed by atoms with Gasteiger partial charge in [0.15, 0.2) is 0 Å². The van der Waals surface area contributed by atoms with Crippen molar-refractivity contribution in [3.63, 3.8) is 0 Å². The predicted molar refractivity (Wildman–Crippen MR) is 32.0 cm³/mol. The van der Waals surface area contributed by atoms with Gasteiger partial charge in [0.1, 0.15) is 0 Å². The first-order valence-electron chi connectivity index (χ1n) is 1.89. The second-order valence-corrected chi connectivity index (χ2v) is 1.42. The Labute approximate surface area is 49.3 Å². The van der Waals surface area contributed by atoms with Gasteiger partial charge in [-0.2, -0.15) is 0 Å². The third-order valence-corrected chi connectivity index (χ3v) is 0. The van der Waals surface area contributed by atoms with Crippen LogP contribution >= 0.6 is 11.6 Å². The van der Waals surface area contributed by atoms with Crippen molar-refractivity contribution in [1.29, 1.82) is 0 Å². The van der Waals surface area contributed by atoms with Gasteiger partial charge in [0.25, 0.3) is 0 Å². The van der Waals surface area contributed by atoms with Crippen LogP contribution in [0.4, 0.5) is 0 Å². The Morgan fingerprint density at radius 2 is 1.71 bits per heavy atom. The number of aliphatic hydroxyl groups is 1. The van der Waals surface area contributed by atoms with Crippen molar-refractivity contribution in [2.24, 2.45) is 0 Å². The molecule has 0 aromatic carbocycles. The summed E-state index contributed by atoms with van der Waals surface area (Å²) in [5.74, 6) is 0. The van der Waals surface area contributed by atoms with E-state index >= 15 is 0 Å². The van der Waals surface area contributed by atoms with Gasteiger partial charge in [-0.15, -0.1) is 6.42 Å². The standard InChI is InChI=1S/C3H8O.C2HCl/c1-3(2)4;1-2-3/h3-4H,1-2H3;1H. The van der Waals surface area contributed by atoms with E-state index < -0.39 is 0 Å². The third-order valence-electron chi connectivity index (χ3n) is 0. The molecule has 7 heavy (non-hydrogen) atoms. The van der Waals surface area contributed by atoms with Crippen LogP contribution in [0.25, 0.3) is 0 Å². The zero-order chi connectivity index (χ0) is 6.28. The van der Waals surface area contributed by atoms with Crippen molar-refractivity contribution < 1.29 is 5.11 Å². The summed E-state index contributed by atoms with van der Waals surface area (Å²) in [5, 5.41) is 9.78. The van der Waals surface area contributed by atoms with E-state index in [2.05, 4.69) is 18.0 Å². The second-order valence-electron chi connectivity index (χ2n) is 1.20. The van der Waals surface area contributed by atoms with Crippen LogP contribution in [-0.4, -0.2) is 11.2 Å². The van der Waals surface area contributed by atoms with Crippen molar-refractivity contribution in [3.8, 4) is 11.8 Å². The third kappa shape index (κ3) is 2340. The van der Waals surface area contributed by atoms with Gasteiger partial charge in [-0.25, -0.2) is 0 Å². The van der Waals surface area contributed by atoms with Crippen molar-refractivity contribution in [2.75, 3.05) is 0 Å². The summed E-state index contributed by atoms with van der Waals surface area (Å²) >= 11 is 4.53. The lowest BCUT2D eigenvalue weighted by Crippen LogP contribution is -1.85. The molecule has 0 aliphatic heterocycles. The van der Waals surface area contributed by atoms with Gasteiger partial charge in [-0.05, 0) is 25.4 Å². The van der Waals surface area contributed by atoms with Crippen LogP contribution in [0.15, 0.2) is 0 Å². The molecule has 2 heteroatoms. The molecular formula is C5H9ClO. The summed E-state index contributed by atoms with van der Waals surface area (Å²) in [6.07, 6.45) is 4.20. The minimum absolute atomic E-state index is 0.167. The zero-order valence-electron chi connectivity index (χ0n) is 4.48. The van der Waals surface area contributed by atoms with Gasteiger partial charge in [-0.1, -0.05) is 0 Å². The molecule has 0 aliphatic carbocycles. The van der Waals surface area contributed by atoms with Crippen LogP contribution in [0.5, 0.6) is 0 Å². The maximum absolute atomic E-state index is 8.06. The lowest BCUT2D eigenvalue weighted by atomic mass is 10.5. The summed E-state index contributed by atoms with van der Waals surface area (Å²) in [7, 11) is 0. The Kier molecular flexibility index (Phi) is 13.1. The molecule has 0 amide bonds. The number of hydrogen-bond donors (Lipinski definition) is 1. The molecule has 0 unspecified atom stereocenters. The number of hydrogen-bond acceptors (Lipinski definition) is 1. The fraction of sp³-hybridized carbons (Fsp3) is 0.600. The fourth-order valence-corrected chi connectivity index (χ4v) is 0. The number of aliphatic hydroxyl groups excluding tert-OH is 1. The van der Waals surface area contributed by atoms with E-state index in [9.17, 15) is 0 Å². The van der Waals surface area contributed by atoms with E-state index in [1.165, 1.54) is 0 Å². The Morgan fingerprint density at radius 3 is 1.71 bits per heavy atom. The predicted octanol–water partition coefficient (Wildman–Crippen LogP) is 1.20. The van der Waals surface area contributed by atoms with Crippen molar-refractivity contribution in [1.82, 2.24) is 0 Å². The van der Waals surface area contributed by atoms with Crippen molar-refractivity contribution in [2.45, 2.75) is 20.0 Å². The molecule has 0 saturated carbocycles. The molecule has 0 aliphatic rings. The SMILES string of the molecule is C#CCl.CC(C)O. The van der Waals surface area contributed by atoms with E-state index in [1.54, 1.807) is 19.2 Å². The minimum Gasteiger partial charge on any atom is -0.394 e. The summed E-state index contributed by atoms with van der Waals surface area (Å²) in [4.78, 5) is 0. The van der Waals surface area contributed by atoms with E-state index in [0.717, 1.165) is 0 Å². The molecule has 1 N–H and O–H groups in total. The smallest absolute Gasteiger partial charge is 0.0483 e. The Bertz CT molecular complexity index is 50.8. The minimum atomic E-state index is -0.167. The highest BCUT2D eigenvalue weighted by Crippen LogP contribution is 1.65. The van der Waals surface area contributed by atoms with E-state index in [4.69, 9.17) is 5.11 Å². The van der Waals surface area contributed by atoms with Gasteiger partial charge < -0.3 is 5.11 Å². The molecule has 0 heterocycles. The normalized spacial score (nSPS) is 6.29. The maximum atomic E-state index is 8.06. The number of rotatable bonds is 0. The first kappa shape index (κ1) is 9.94. The van der Waals surface area contributed by atoms with E-state index in [0.29, 0.717) is 0 Å². The molecule has 1 nitrogen and oxygen atoms in total. The summed E-state index contributed by atoms with van der Waals surface area (Å²) in [5.41, 5.74) is 0.